The number of hydrogen-bond acceptors (Lipinski definition) is 0. The lowest BCUT2D eigenvalue weighted by atomic mass is 9.94. The van der Waals surface area contributed by atoms with Crippen molar-refractivity contribution in [2.75, 3.05) is 0 Å². The molecule has 4 aliphatic rings. The van der Waals surface area contributed by atoms with Crippen molar-refractivity contribution in [3.8, 4) is 44.5 Å². The zero-order valence-corrected chi connectivity index (χ0v) is 21.7. The van der Waals surface area contributed by atoms with Crippen LogP contribution in [0.4, 0.5) is 0 Å². The predicted molar refractivity (Wildman–Crippen MR) is 172 cm³/mol. The minimum Gasteiger partial charge on any atom is -0.0622 e. The topological polar surface area (TPSA) is 0 Å². The average molecular weight is 503 g/mol. The molecule has 6 aromatic rings. The third-order valence-electron chi connectivity index (χ3n) is 9.26. The van der Waals surface area contributed by atoms with E-state index in [1.165, 1.54) is 98.4 Å². The fourth-order valence-corrected chi connectivity index (χ4v) is 7.88. The van der Waals surface area contributed by atoms with E-state index in [0.29, 0.717) is 0 Å². The summed E-state index contributed by atoms with van der Waals surface area (Å²) in [5, 5.41) is 13.7. The second-order valence-electron chi connectivity index (χ2n) is 11.2. The third kappa shape index (κ3) is 2.35. The summed E-state index contributed by atoms with van der Waals surface area (Å²) in [7, 11) is 0. The van der Waals surface area contributed by atoms with Crippen molar-refractivity contribution >= 4 is 53.9 Å². The van der Waals surface area contributed by atoms with E-state index in [9.17, 15) is 0 Å². The molecule has 4 aliphatic carbocycles. The lowest BCUT2D eigenvalue weighted by Crippen LogP contribution is -1.81. The standard InChI is InChI=1S/C40H22/c1-3-11-25(12-4-1)33-35-27-19-7-15-23-17-9-21-29(31(23)27)37(35)40-34(26-13-5-2-6-14-26)36-28-20-8-16-24-18-10-22-30(32(24)28)38(36)39(33)40/h1-22H. The molecule has 0 radical (unpaired) electrons. The van der Waals surface area contributed by atoms with Crippen molar-refractivity contribution in [2.45, 2.75) is 0 Å². The van der Waals surface area contributed by atoms with Crippen LogP contribution in [0.15, 0.2) is 133 Å². The van der Waals surface area contributed by atoms with E-state index in [4.69, 9.17) is 0 Å². The average Bonchev–Trinajstić information content (AvgIpc) is 3.72. The molecule has 10 rings (SSSR count). The molecule has 0 N–H and O–H groups in total. The summed E-state index contributed by atoms with van der Waals surface area (Å²) < 4.78 is 0. The van der Waals surface area contributed by atoms with Gasteiger partial charge in [0.05, 0.1) is 0 Å². The van der Waals surface area contributed by atoms with Gasteiger partial charge in [-0.05, 0) is 98.4 Å². The molecule has 0 fully saturated rings. The zero-order chi connectivity index (χ0) is 25.9. The van der Waals surface area contributed by atoms with Crippen LogP contribution in [0.25, 0.3) is 98.4 Å². The summed E-state index contributed by atoms with van der Waals surface area (Å²) in [5.41, 5.74) is 10.9. The summed E-state index contributed by atoms with van der Waals surface area (Å²) in [5.74, 6) is 0. The van der Waals surface area contributed by atoms with Crippen LogP contribution < -0.4 is 0 Å². The number of hydrogen-bond donors (Lipinski definition) is 0. The van der Waals surface area contributed by atoms with Crippen LogP contribution in [0.5, 0.6) is 0 Å². The first kappa shape index (κ1) is 20.7. The maximum atomic E-state index is 2.34. The maximum absolute atomic E-state index is 2.34. The molecule has 0 aromatic heterocycles. The quantitative estimate of drug-likeness (QED) is 0.220. The molecule has 0 heteroatoms. The highest BCUT2D eigenvalue weighted by Gasteiger charge is 2.36. The Bertz CT molecular complexity index is 2260. The first-order chi connectivity index (χ1) is 19.9. The van der Waals surface area contributed by atoms with Crippen LogP contribution in [0.1, 0.15) is 0 Å². The Morgan fingerprint density at radius 2 is 0.575 bits per heavy atom. The second-order valence-corrected chi connectivity index (χ2v) is 11.2. The van der Waals surface area contributed by atoms with Crippen LogP contribution in [0, 0.1) is 0 Å². The molecule has 182 valence electrons. The number of rotatable bonds is 2. The highest BCUT2D eigenvalue weighted by molar-refractivity contribution is 6.44. The van der Waals surface area contributed by atoms with E-state index in [-0.39, 0.29) is 0 Å². The summed E-state index contributed by atoms with van der Waals surface area (Å²) in [6.45, 7) is 0. The summed E-state index contributed by atoms with van der Waals surface area (Å²) >= 11 is 0. The first-order valence-electron chi connectivity index (χ1n) is 14.0. The molecule has 6 aromatic carbocycles. The van der Waals surface area contributed by atoms with E-state index in [0.717, 1.165) is 0 Å². The smallest absolute Gasteiger partial charge is 0.0000699 e. The van der Waals surface area contributed by atoms with Gasteiger partial charge in [-0.1, -0.05) is 133 Å². The predicted octanol–water partition coefficient (Wildman–Crippen LogP) is 11.3. The molecule has 0 saturated heterocycles. The van der Waals surface area contributed by atoms with E-state index < -0.39 is 0 Å². The van der Waals surface area contributed by atoms with Gasteiger partial charge in [0, 0.05) is 0 Å². The Morgan fingerprint density at radius 3 is 0.950 bits per heavy atom. The van der Waals surface area contributed by atoms with Crippen LogP contribution in [0.3, 0.4) is 0 Å². The molecule has 0 nitrogen and oxygen atoms in total. The fraction of sp³-hybridized carbons (Fsp3) is 0. The molecule has 0 spiro atoms. The van der Waals surface area contributed by atoms with Gasteiger partial charge in [0.15, 0.2) is 0 Å². The molecular formula is C40H22. The molecular weight excluding hydrogens is 480 g/mol. The summed E-state index contributed by atoms with van der Waals surface area (Å²) in [6, 6.07) is 49.4. The lowest BCUT2D eigenvalue weighted by molar-refractivity contribution is 1.68. The Balaban J connectivity index is 1.59. The highest BCUT2D eigenvalue weighted by atomic mass is 14.4. The van der Waals surface area contributed by atoms with E-state index in [1.807, 2.05) is 0 Å². The molecule has 0 unspecified atom stereocenters. The van der Waals surface area contributed by atoms with Crippen molar-refractivity contribution < 1.29 is 0 Å². The minimum atomic E-state index is 1.29. The van der Waals surface area contributed by atoms with Gasteiger partial charge in [-0.2, -0.15) is 0 Å². The molecule has 0 amide bonds. The molecule has 0 atom stereocenters. The lowest BCUT2D eigenvalue weighted by Gasteiger charge is -2.08. The fourth-order valence-electron chi connectivity index (χ4n) is 7.88. The molecule has 0 bridgehead atoms. The van der Waals surface area contributed by atoms with Gasteiger partial charge < -0.3 is 0 Å². The normalized spacial score (nSPS) is 12.5. The van der Waals surface area contributed by atoms with Gasteiger partial charge in [-0.15, -0.1) is 0 Å². The monoisotopic (exact) mass is 502 g/mol. The van der Waals surface area contributed by atoms with E-state index >= 15 is 0 Å². The largest absolute Gasteiger partial charge is 0.0622 e. The second kappa shape index (κ2) is 7.25. The zero-order valence-electron chi connectivity index (χ0n) is 21.7. The van der Waals surface area contributed by atoms with Crippen molar-refractivity contribution in [3.63, 3.8) is 0 Å². The van der Waals surface area contributed by atoms with Gasteiger partial charge in [-0.3, -0.25) is 0 Å². The molecule has 40 heavy (non-hydrogen) atoms. The summed E-state index contributed by atoms with van der Waals surface area (Å²) in [4.78, 5) is 0. The highest BCUT2D eigenvalue weighted by Crippen LogP contribution is 2.64. The van der Waals surface area contributed by atoms with Crippen molar-refractivity contribution in [1.82, 2.24) is 0 Å². The Labute approximate surface area is 231 Å². The van der Waals surface area contributed by atoms with E-state index in [2.05, 4.69) is 133 Å². The van der Waals surface area contributed by atoms with Gasteiger partial charge in [-0.25, -0.2) is 0 Å². The van der Waals surface area contributed by atoms with Gasteiger partial charge in [0.25, 0.3) is 0 Å². The SMILES string of the molecule is c1ccc(-c2c3c4cccc5cccc(c-3c3c(-c6ccccc6)c6c7cccc8cccc(c-6c23)c87)c54)cc1. The minimum absolute atomic E-state index is 1.29. The molecule has 0 saturated carbocycles. The van der Waals surface area contributed by atoms with E-state index in [1.54, 1.807) is 0 Å². The van der Waals surface area contributed by atoms with Crippen LogP contribution in [0.2, 0.25) is 0 Å². The van der Waals surface area contributed by atoms with Crippen molar-refractivity contribution in [3.05, 3.63) is 133 Å². The van der Waals surface area contributed by atoms with Crippen molar-refractivity contribution in [2.24, 2.45) is 0 Å². The molecule has 0 heterocycles. The number of fused-ring (bicyclic) bond motifs is 9. The maximum Gasteiger partial charge on any atom is -0.0000699 e. The van der Waals surface area contributed by atoms with Crippen LogP contribution in [-0.2, 0) is 0 Å². The Kier molecular flexibility index (Phi) is 3.76. The van der Waals surface area contributed by atoms with Gasteiger partial charge >= 0.3 is 0 Å². The third-order valence-corrected chi connectivity index (χ3v) is 9.26. The van der Waals surface area contributed by atoms with Crippen molar-refractivity contribution in [1.29, 1.82) is 0 Å². The summed E-state index contributed by atoms with van der Waals surface area (Å²) in [6.07, 6.45) is 0. The first-order valence-corrected chi connectivity index (χ1v) is 14.0. The number of benzene rings is 6. The van der Waals surface area contributed by atoms with Gasteiger partial charge in [0.1, 0.15) is 0 Å². The van der Waals surface area contributed by atoms with Gasteiger partial charge in [0.2, 0.25) is 0 Å². The van der Waals surface area contributed by atoms with Crippen LogP contribution >= 0.6 is 0 Å². The molecule has 0 aliphatic heterocycles. The van der Waals surface area contributed by atoms with Crippen LogP contribution in [-0.4, -0.2) is 0 Å². The Hall–Kier alpha value is -5.20. The Morgan fingerprint density at radius 1 is 0.225 bits per heavy atom.